The van der Waals surface area contributed by atoms with Crippen LogP contribution in [0.2, 0.25) is 5.02 Å². The van der Waals surface area contributed by atoms with Crippen molar-refractivity contribution in [2.45, 2.75) is 18.9 Å². The van der Waals surface area contributed by atoms with Crippen molar-refractivity contribution >= 4 is 28.2 Å². The van der Waals surface area contributed by atoms with Crippen molar-refractivity contribution in [3.05, 3.63) is 35.5 Å². The molecule has 0 radical (unpaired) electrons. The molecule has 0 amide bonds. The lowest BCUT2D eigenvalue weighted by molar-refractivity contribution is 0.132. The molecule has 1 aliphatic rings. The number of benzene rings is 1. The van der Waals surface area contributed by atoms with Gasteiger partial charge in [-0.3, -0.25) is 4.98 Å². The fourth-order valence-electron chi connectivity index (χ4n) is 2.99. The van der Waals surface area contributed by atoms with E-state index in [9.17, 15) is 0 Å². The van der Waals surface area contributed by atoms with Crippen LogP contribution < -0.4 is 5.32 Å². The number of hydrogen-bond donors (Lipinski definition) is 1. The molecule has 5 heteroatoms. The third-order valence-corrected chi connectivity index (χ3v) is 4.50. The Balaban J connectivity index is 1.66. The van der Waals surface area contributed by atoms with Crippen molar-refractivity contribution in [1.29, 1.82) is 0 Å². The Morgan fingerprint density at radius 2 is 2.14 bits per heavy atom. The van der Waals surface area contributed by atoms with Crippen LogP contribution >= 0.6 is 11.6 Å². The van der Waals surface area contributed by atoms with E-state index in [4.69, 9.17) is 16.3 Å². The number of piperidine rings is 1. The highest BCUT2D eigenvalue weighted by Gasteiger charge is 2.19. The zero-order chi connectivity index (χ0) is 15.4. The molecule has 1 fully saturated rings. The minimum absolute atomic E-state index is 0.503. The van der Waals surface area contributed by atoms with Crippen LogP contribution in [0.4, 0.5) is 5.69 Å². The van der Waals surface area contributed by atoms with E-state index in [1.54, 1.807) is 7.11 Å². The number of fused-ring (bicyclic) bond motifs is 1. The maximum atomic E-state index is 6.13. The van der Waals surface area contributed by atoms with Gasteiger partial charge in [-0.25, -0.2) is 0 Å². The Morgan fingerprint density at radius 3 is 2.91 bits per heavy atom. The highest BCUT2D eigenvalue weighted by atomic mass is 35.5. The van der Waals surface area contributed by atoms with Gasteiger partial charge in [-0.05, 0) is 37.1 Å². The summed E-state index contributed by atoms with van der Waals surface area (Å²) >= 11 is 6.13. The average molecular weight is 320 g/mol. The van der Waals surface area contributed by atoms with Crippen LogP contribution in [0.15, 0.2) is 30.5 Å². The number of rotatable bonds is 5. The molecule has 0 unspecified atom stereocenters. The summed E-state index contributed by atoms with van der Waals surface area (Å²) in [5, 5.41) is 5.51. The lowest BCUT2D eigenvalue weighted by Gasteiger charge is -2.32. The van der Waals surface area contributed by atoms with Gasteiger partial charge in [0.05, 0.1) is 12.1 Å². The largest absolute Gasteiger partial charge is 0.383 e. The topological polar surface area (TPSA) is 37.4 Å². The SMILES string of the molecule is COCCN1CCC(Nc2ccnc3ccc(Cl)cc23)CC1. The number of anilines is 1. The molecule has 2 heterocycles. The molecule has 2 aromatic rings. The van der Waals surface area contributed by atoms with Gasteiger partial charge in [-0.2, -0.15) is 0 Å². The predicted octanol–water partition coefficient (Wildman–Crippen LogP) is 3.41. The third kappa shape index (κ3) is 3.69. The number of nitrogens with one attached hydrogen (secondary N) is 1. The normalized spacial score (nSPS) is 17.0. The van der Waals surface area contributed by atoms with Crippen LogP contribution in [0.25, 0.3) is 10.9 Å². The van der Waals surface area contributed by atoms with E-state index < -0.39 is 0 Å². The summed E-state index contributed by atoms with van der Waals surface area (Å²) in [6, 6.07) is 8.38. The molecule has 0 saturated carbocycles. The second-order valence-electron chi connectivity index (χ2n) is 5.77. The standard InChI is InChI=1S/C17H22ClN3O/c1-22-11-10-21-8-5-14(6-9-21)20-17-4-7-19-16-3-2-13(18)12-15(16)17/h2-4,7,12,14H,5-6,8-11H2,1H3,(H,19,20). The van der Waals surface area contributed by atoms with Crippen molar-refractivity contribution in [1.82, 2.24) is 9.88 Å². The molecule has 0 aliphatic carbocycles. The number of ether oxygens (including phenoxy) is 1. The van der Waals surface area contributed by atoms with Gasteiger partial charge in [0.25, 0.3) is 0 Å². The molecular weight excluding hydrogens is 298 g/mol. The number of nitrogens with zero attached hydrogens (tertiary/aromatic N) is 2. The second kappa shape index (κ2) is 7.27. The molecule has 22 heavy (non-hydrogen) atoms. The fraction of sp³-hybridized carbons (Fsp3) is 0.471. The first-order valence-corrected chi connectivity index (χ1v) is 8.16. The Bertz CT molecular complexity index is 626. The van der Waals surface area contributed by atoms with Crippen LogP contribution in [0, 0.1) is 0 Å². The zero-order valence-corrected chi connectivity index (χ0v) is 13.6. The molecule has 4 nitrogen and oxygen atoms in total. The van der Waals surface area contributed by atoms with E-state index in [2.05, 4.69) is 15.2 Å². The van der Waals surface area contributed by atoms with Crippen molar-refractivity contribution in [3.8, 4) is 0 Å². The molecule has 1 aliphatic heterocycles. The Hall–Kier alpha value is -1.36. The van der Waals surface area contributed by atoms with E-state index in [0.29, 0.717) is 6.04 Å². The summed E-state index contributed by atoms with van der Waals surface area (Å²) < 4.78 is 5.15. The van der Waals surface area contributed by atoms with Crippen LogP contribution in [0.3, 0.4) is 0 Å². The van der Waals surface area contributed by atoms with Gasteiger partial charge in [0, 0.05) is 55.1 Å². The number of hydrogen-bond acceptors (Lipinski definition) is 4. The minimum atomic E-state index is 0.503. The summed E-state index contributed by atoms with van der Waals surface area (Å²) in [5.41, 5.74) is 2.11. The summed E-state index contributed by atoms with van der Waals surface area (Å²) in [5.74, 6) is 0. The lowest BCUT2D eigenvalue weighted by Crippen LogP contribution is -2.40. The first kappa shape index (κ1) is 15.5. The summed E-state index contributed by atoms with van der Waals surface area (Å²) in [6.07, 6.45) is 4.15. The maximum Gasteiger partial charge on any atom is 0.0723 e. The van der Waals surface area contributed by atoms with Crippen LogP contribution in [-0.2, 0) is 4.74 Å². The third-order valence-electron chi connectivity index (χ3n) is 4.26. The van der Waals surface area contributed by atoms with Crippen molar-refractivity contribution in [2.24, 2.45) is 0 Å². The fourth-order valence-corrected chi connectivity index (χ4v) is 3.16. The van der Waals surface area contributed by atoms with E-state index in [-0.39, 0.29) is 0 Å². The van der Waals surface area contributed by atoms with Crippen LogP contribution in [-0.4, -0.2) is 49.3 Å². The molecule has 1 aromatic heterocycles. The minimum Gasteiger partial charge on any atom is -0.383 e. The Kier molecular flexibility index (Phi) is 5.13. The monoisotopic (exact) mass is 319 g/mol. The summed E-state index contributed by atoms with van der Waals surface area (Å²) in [7, 11) is 1.76. The number of pyridine rings is 1. The quantitative estimate of drug-likeness (QED) is 0.916. The van der Waals surface area contributed by atoms with Gasteiger partial charge >= 0.3 is 0 Å². The molecule has 1 N–H and O–H groups in total. The number of methoxy groups -OCH3 is 1. The molecule has 1 aromatic carbocycles. The van der Waals surface area contributed by atoms with Gasteiger partial charge in [0.1, 0.15) is 0 Å². The second-order valence-corrected chi connectivity index (χ2v) is 6.21. The molecule has 118 valence electrons. The van der Waals surface area contributed by atoms with Gasteiger partial charge in [-0.1, -0.05) is 11.6 Å². The number of aromatic nitrogens is 1. The van der Waals surface area contributed by atoms with E-state index >= 15 is 0 Å². The summed E-state index contributed by atoms with van der Waals surface area (Å²) in [4.78, 5) is 6.86. The molecule has 0 spiro atoms. The first-order chi connectivity index (χ1) is 10.8. The first-order valence-electron chi connectivity index (χ1n) is 7.78. The van der Waals surface area contributed by atoms with E-state index in [0.717, 1.165) is 60.7 Å². The highest BCUT2D eigenvalue weighted by molar-refractivity contribution is 6.31. The molecule has 0 bridgehead atoms. The molecule has 1 saturated heterocycles. The Labute approximate surface area is 136 Å². The molecule has 3 rings (SSSR count). The van der Waals surface area contributed by atoms with Gasteiger partial charge in [0.2, 0.25) is 0 Å². The van der Waals surface area contributed by atoms with Crippen LogP contribution in [0.1, 0.15) is 12.8 Å². The molecular formula is C17H22ClN3O. The van der Waals surface area contributed by atoms with Gasteiger partial charge < -0.3 is 15.0 Å². The zero-order valence-electron chi connectivity index (χ0n) is 12.9. The lowest BCUT2D eigenvalue weighted by atomic mass is 10.0. The van der Waals surface area contributed by atoms with Crippen molar-refractivity contribution in [3.63, 3.8) is 0 Å². The van der Waals surface area contributed by atoms with Crippen molar-refractivity contribution in [2.75, 3.05) is 38.7 Å². The van der Waals surface area contributed by atoms with Gasteiger partial charge in [-0.15, -0.1) is 0 Å². The smallest absolute Gasteiger partial charge is 0.0723 e. The number of likely N-dealkylation sites (tertiary alicyclic amines) is 1. The van der Waals surface area contributed by atoms with Crippen molar-refractivity contribution < 1.29 is 4.74 Å². The van der Waals surface area contributed by atoms with Crippen LogP contribution in [0.5, 0.6) is 0 Å². The van der Waals surface area contributed by atoms with Gasteiger partial charge in [0.15, 0.2) is 0 Å². The summed E-state index contributed by atoms with van der Waals surface area (Å²) in [6.45, 7) is 4.07. The maximum absolute atomic E-state index is 6.13. The van der Waals surface area contributed by atoms with E-state index in [1.165, 1.54) is 0 Å². The predicted molar refractivity (Wildman–Crippen MR) is 91.7 cm³/mol. The van der Waals surface area contributed by atoms with E-state index in [1.807, 2.05) is 30.5 Å². The molecule has 0 atom stereocenters. The Morgan fingerprint density at radius 1 is 1.32 bits per heavy atom. The highest BCUT2D eigenvalue weighted by Crippen LogP contribution is 2.26. The average Bonchev–Trinajstić information content (AvgIpc) is 2.55. The number of halogens is 1.